The second-order valence-corrected chi connectivity index (χ2v) is 11.1. The fourth-order valence-corrected chi connectivity index (χ4v) is 6.25. The zero-order valence-electron chi connectivity index (χ0n) is 22.1. The van der Waals surface area contributed by atoms with Crippen molar-refractivity contribution >= 4 is 23.9 Å². The smallest absolute Gasteiger partial charge is 0.303 e. The van der Waals surface area contributed by atoms with E-state index in [1.54, 1.807) is 12.1 Å². The summed E-state index contributed by atoms with van der Waals surface area (Å²) in [5.74, 6) is -1.13. The first-order chi connectivity index (χ1) is 17.7. The second-order valence-electron chi connectivity index (χ2n) is 11.1. The molecule has 0 spiro atoms. The van der Waals surface area contributed by atoms with Crippen LogP contribution in [0.25, 0.3) is 6.08 Å². The Hall–Kier alpha value is -2.93. The lowest BCUT2D eigenvalue weighted by Crippen LogP contribution is -2.35. The quantitative estimate of drug-likeness (QED) is 0.242. The zero-order chi connectivity index (χ0) is 26.7. The Morgan fingerprint density at radius 2 is 1.81 bits per heavy atom. The number of hydrogen-bond acceptors (Lipinski definition) is 5. The van der Waals surface area contributed by atoms with Gasteiger partial charge in [-0.3, -0.25) is 19.3 Å². The summed E-state index contributed by atoms with van der Waals surface area (Å²) in [7, 11) is 0. The molecular weight excluding hydrogens is 470 g/mol. The number of carbonyl (C=O) groups excluding carboxylic acids is 2. The molecule has 4 rings (SSSR count). The molecule has 1 aliphatic carbocycles. The summed E-state index contributed by atoms with van der Waals surface area (Å²) >= 11 is 0. The van der Waals surface area contributed by atoms with Gasteiger partial charge in [0.15, 0.2) is 0 Å². The lowest BCUT2D eigenvalue weighted by atomic mass is 9.67. The van der Waals surface area contributed by atoms with Crippen LogP contribution < -0.4 is 0 Å². The number of nitrogens with zero attached hydrogens (tertiary/aromatic N) is 1. The third kappa shape index (κ3) is 5.98. The number of unbranched alkanes of at least 4 members (excludes halogenated alkanes) is 2. The highest BCUT2D eigenvalue weighted by molar-refractivity contribution is 6.06. The van der Waals surface area contributed by atoms with Crippen LogP contribution in [0.5, 0.6) is 5.75 Å². The number of benzene rings is 1. The minimum atomic E-state index is -0.819. The summed E-state index contributed by atoms with van der Waals surface area (Å²) in [4.78, 5) is 38.9. The normalized spacial score (nSPS) is 25.7. The third-order valence-corrected chi connectivity index (χ3v) is 8.11. The fraction of sp³-hybridized carbons (Fsp3) is 0.567. The second kappa shape index (κ2) is 11.6. The average Bonchev–Trinajstić information content (AvgIpc) is 3.37. The summed E-state index contributed by atoms with van der Waals surface area (Å²) in [6.07, 6.45) is 6.38. The number of imide groups is 1. The highest BCUT2D eigenvalue weighted by Gasteiger charge is 2.56. The summed E-state index contributed by atoms with van der Waals surface area (Å²) in [5, 5.41) is 18.3. The van der Waals surface area contributed by atoms with Crippen molar-refractivity contribution in [2.24, 2.45) is 23.7 Å². The number of likely N-dealkylation sites (tertiary alicyclic amines) is 1. The Labute approximate surface area is 219 Å². The van der Waals surface area contributed by atoms with Gasteiger partial charge in [0.2, 0.25) is 11.8 Å². The van der Waals surface area contributed by atoms with E-state index in [0.717, 1.165) is 18.4 Å². The molecular formula is C30H39NO6. The van der Waals surface area contributed by atoms with E-state index >= 15 is 0 Å². The highest BCUT2D eigenvalue weighted by atomic mass is 16.5. The molecule has 7 heteroatoms. The maximum absolute atomic E-state index is 13.4. The number of carboxylic acids is 1. The molecule has 2 amide bonds. The van der Waals surface area contributed by atoms with E-state index in [1.807, 2.05) is 12.1 Å². The largest absolute Gasteiger partial charge is 0.508 e. The number of phenolic OH excluding ortho intramolecular Hbond substituents is 1. The molecule has 2 heterocycles. The number of carbonyl (C=O) groups is 3. The Kier molecular flexibility index (Phi) is 8.53. The van der Waals surface area contributed by atoms with Crippen LogP contribution in [0.2, 0.25) is 0 Å². The summed E-state index contributed by atoms with van der Waals surface area (Å²) in [6, 6.07) is 7.15. The highest BCUT2D eigenvalue weighted by Crippen LogP contribution is 2.51. The van der Waals surface area contributed by atoms with Crippen molar-refractivity contribution < 1.29 is 29.3 Å². The predicted molar refractivity (Wildman–Crippen MR) is 141 cm³/mol. The van der Waals surface area contributed by atoms with Crippen LogP contribution in [0, 0.1) is 23.7 Å². The van der Waals surface area contributed by atoms with Crippen molar-refractivity contribution in [1.82, 2.24) is 4.90 Å². The van der Waals surface area contributed by atoms with E-state index in [1.165, 1.54) is 21.6 Å². The Morgan fingerprint density at radius 1 is 1.08 bits per heavy atom. The topological polar surface area (TPSA) is 104 Å². The van der Waals surface area contributed by atoms with Crippen LogP contribution in [-0.4, -0.2) is 52.2 Å². The van der Waals surface area contributed by atoms with Crippen molar-refractivity contribution in [1.29, 1.82) is 0 Å². The Bertz CT molecular complexity index is 1090. The van der Waals surface area contributed by atoms with Crippen molar-refractivity contribution in [3.05, 3.63) is 46.5 Å². The Morgan fingerprint density at radius 3 is 2.49 bits per heavy atom. The fourth-order valence-electron chi connectivity index (χ4n) is 6.25. The van der Waals surface area contributed by atoms with Gasteiger partial charge in [-0.2, -0.15) is 0 Å². The van der Waals surface area contributed by atoms with E-state index < -0.39 is 5.97 Å². The predicted octanol–water partition coefficient (Wildman–Crippen LogP) is 5.19. The van der Waals surface area contributed by atoms with Gasteiger partial charge in [0.25, 0.3) is 0 Å². The van der Waals surface area contributed by atoms with E-state index in [-0.39, 0.29) is 53.8 Å². The van der Waals surface area contributed by atoms with Crippen LogP contribution in [0.4, 0.5) is 0 Å². The van der Waals surface area contributed by atoms with Gasteiger partial charge in [-0.15, -0.1) is 0 Å². The molecule has 200 valence electrons. The molecule has 37 heavy (non-hydrogen) atoms. The lowest BCUT2D eigenvalue weighted by Gasteiger charge is -2.33. The molecule has 2 aliphatic heterocycles. The van der Waals surface area contributed by atoms with E-state index in [9.17, 15) is 19.5 Å². The third-order valence-electron chi connectivity index (χ3n) is 8.11. The molecule has 0 saturated carbocycles. The van der Waals surface area contributed by atoms with Crippen molar-refractivity contribution in [3.63, 3.8) is 0 Å². The monoisotopic (exact) mass is 509 g/mol. The molecule has 0 bridgehead atoms. The number of rotatable bonds is 11. The summed E-state index contributed by atoms with van der Waals surface area (Å²) in [6.45, 7) is 7.26. The number of aliphatic carboxylic acids is 1. The van der Waals surface area contributed by atoms with E-state index in [2.05, 4.69) is 26.8 Å². The number of carboxylic acid groups (broad SMARTS) is 1. The molecule has 1 aromatic rings. The first kappa shape index (κ1) is 27.1. The number of ether oxygens (including phenoxy) is 1. The lowest BCUT2D eigenvalue weighted by molar-refractivity contribution is -0.141. The summed E-state index contributed by atoms with van der Waals surface area (Å²) in [5.41, 5.74) is 4.79. The van der Waals surface area contributed by atoms with Crippen LogP contribution in [0.3, 0.4) is 0 Å². The van der Waals surface area contributed by atoms with E-state index in [4.69, 9.17) is 9.84 Å². The van der Waals surface area contributed by atoms with Gasteiger partial charge in [0.05, 0.1) is 24.5 Å². The van der Waals surface area contributed by atoms with Gasteiger partial charge in [-0.1, -0.05) is 49.6 Å². The first-order valence-corrected chi connectivity index (χ1v) is 13.5. The number of aromatic hydroxyl groups is 1. The van der Waals surface area contributed by atoms with Crippen molar-refractivity contribution in [3.8, 4) is 5.75 Å². The number of fused-ring (bicyclic) bond motifs is 3. The van der Waals surface area contributed by atoms with Gasteiger partial charge in [-0.25, -0.2) is 0 Å². The minimum Gasteiger partial charge on any atom is -0.508 e. The number of hydrogen-bond donors (Lipinski definition) is 2. The maximum atomic E-state index is 13.4. The molecule has 4 atom stereocenters. The first-order valence-electron chi connectivity index (χ1n) is 13.5. The number of allylic oxidation sites excluding steroid dienone is 2. The molecule has 0 radical (unpaired) electrons. The number of phenols is 1. The standard InChI is InChI=1S/C30H39NO6/c1-18(2)22-16-23-28(30(36)31(29(23)35)14-6-4-5-7-26(33)34)24-17-37-25(27(22)24)13-8-19(3)15-20-9-11-21(32)12-10-20/h9-12,15,18,23-25,28,32H,4-8,13-14,16-17H2,1-3H3,(H,33,34)/b19-15+/t23-,24+,25-,28-/m1/s1. The Balaban J connectivity index is 1.44. The molecule has 2 saturated heterocycles. The summed E-state index contributed by atoms with van der Waals surface area (Å²) < 4.78 is 6.30. The van der Waals surface area contributed by atoms with Gasteiger partial charge < -0.3 is 14.9 Å². The molecule has 2 N–H and O–H groups in total. The molecule has 1 aromatic carbocycles. The van der Waals surface area contributed by atoms with Gasteiger partial charge in [0, 0.05) is 18.9 Å². The number of amides is 2. The van der Waals surface area contributed by atoms with Gasteiger partial charge in [-0.05, 0) is 68.2 Å². The SMILES string of the molecule is C/C(=C\c1ccc(O)cc1)CC[C@H]1OC[C@H]2C1=C(C(C)C)C[C@H]1C(=O)N(CCCCCC(=O)O)C(=O)[C@H]12. The molecule has 7 nitrogen and oxygen atoms in total. The van der Waals surface area contributed by atoms with Gasteiger partial charge in [0.1, 0.15) is 5.75 Å². The maximum Gasteiger partial charge on any atom is 0.303 e. The van der Waals surface area contributed by atoms with Crippen LogP contribution in [0.15, 0.2) is 41.0 Å². The van der Waals surface area contributed by atoms with Crippen molar-refractivity contribution in [2.75, 3.05) is 13.2 Å². The van der Waals surface area contributed by atoms with Gasteiger partial charge >= 0.3 is 5.97 Å². The molecule has 0 unspecified atom stereocenters. The van der Waals surface area contributed by atoms with Crippen LogP contribution in [-0.2, 0) is 19.1 Å². The molecule has 2 fully saturated rings. The molecule has 0 aromatic heterocycles. The van der Waals surface area contributed by atoms with Crippen LogP contribution >= 0.6 is 0 Å². The average molecular weight is 510 g/mol. The van der Waals surface area contributed by atoms with Crippen molar-refractivity contribution in [2.45, 2.75) is 71.8 Å². The van der Waals surface area contributed by atoms with E-state index in [0.29, 0.717) is 38.8 Å². The molecule has 3 aliphatic rings. The zero-order valence-corrected chi connectivity index (χ0v) is 22.1. The minimum absolute atomic E-state index is 0.0421. The van der Waals surface area contributed by atoms with Crippen LogP contribution in [0.1, 0.15) is 71.3 Å².